The maximum Gasteiger partial charge on any atom is 0.141 e. The molecule has 8 heteroatoms. The van der Waals surface area contributed by atoms with E-state index in [0.29, 0.717) is 25.4 Å². The van der Waals surface area contributed by atoms with E-state index in [1.807, 2.05) is 0 Å². The summed E-state index contributed by atoms with van der Waals surface area (Å²) in [5, 5.41) is 17.5. The fourth-order valence-corrected chi connectivity index (χ4v) is 2.71. The second-order valence-electron chi connectivity index (χ2n) is 5.67. The number of hydrogen-bond donors (Lipinski definition) is 1. The van der Waals surface area contributed by atoms with Gasteiger partial charge in [-0.05, 0) is 25.1 Å². The molecule has 2 heterocycles. The number of aromatic nitrogens is 3. The molecule has 0 radical (unpaired) electrons. The standard InChI is InChI=1S/C15H18ClFN4O2/c1-10-9-23-13(8-22)7-20(10)5-11-6-21(19-18-11)12-2-3-15(17)14(16)4-12/h2-4,6,10,13,22H,5,7-9H2,1H3. The fraction of sp³-hybridized carbons (Fsp3) is 0.467. The van der Waals surface area contributed by atoms with Gasteiger partial charge < -0.3 is 9.84 Å². The molecule has 1 aromatic heterocycles. The molecule has 2 unspecified atom stereocenters. The lowest BCUT2D eigenvalue weighted by molar-refractivity contribution is -0.0808. The molecule has 1 aliphatic heterocycles. The third-order valence-corrected chi connectivity index (χ3v) is 4.20. The molecule has 0 aliphatic carbocycles. The van der Waals surface area contributed by atoms with Crippen molar-refractivity contribution < 1.29 is 14.2 Å². The van der Waals surface area contributed by atoms with Crippen molar-refractivity contribution in [2.24, 2.45) is 0 Å². The SMILES string of the molecule is CC1COC(CO)CN1Cc1cn(-c2ccc(F)c(Cl)c2)nn1. The molecule has 1 aromatic carbocycles. The van der Waals surface area contributed by atoms with Crippen LogP contribution in [0.25, 0.3) is 5.69 Å². The maximum absolute atomic E-state index is 13.2. The summed E-state index contributed by atoms with van der Waals surface area (Å²) in [6.07, 6.45) is 1.62. The van der Waals surface area contributed by atoms with Gasteiger partial charge in [0, 0.05) is 19.1 Å². The first-order chi connectivity index (χ1) is 11.1. The lowest BCUT2D eigenvalue weighted by Crippen LogP contribution is -2.48. The normalized spacial score (nSPS) is 22.4. The predicted octanol–water partition coefficient (Wildman–Crippen LogP) is 1.64. The summed E-state index contributed by atoms with van der Waals surface area (Å²) in [5.74, 6) is -0.465. The van der Waals surface area contributed by atoms with E-state index in [-0.39, 0.29) is 23.8 Å². The summed E-state index contributed by atoms with van der Waals surface area (Å²) in [4.78, 5) is 2.19. The number of hydrogen-bond acceptors (Lipinski definition) is 5. The van der Waals surface area contributed by atoms with Crippen LogP contribution in [0.15, 0.2) is 24.4 Å². The van der Waals surface area contributed by atoms with Crippen LogP contribution in [0.5, 0.6) is 0 Å². The van der Waals surface area contributed by atoms with Crippen LogP contribution in [0.3, 0.4) is 0 Å². The van der Waals surface area contributed by atoms with Gasteiger partial charge in [-0.15, -0.1) is 5.10 Å². The quantitative estimate of drug-likeness (QED) is 0.916. The van der Waals surface area contributed by atoms with E-state index >= 15 is 0 Å². The summed E-state index contributed by atoms with van der Waals surface area (Å²) in [7, 11) is 0. The van der Waals surface area contributed by atoms with Gasteiger partial charge in [-0.1, -0.05) is 16.8 Å². The molecule has 1 N–H and O–H groups in total. The number of benzene rings is 1. The van der Waals surface area contributed by atoms with Crippen molar-refractivity contribution in [1.82, 2.24) is 19.9 Å². The van der Waals surface area contributed by atoms with E-state index in [2.05, 4.69) is 22.1 Å². The zero-order valence-electron chi connectivity index (χ0n) is 12.7. The Morgan fingerprint density at radius 2 is 2.30 bits per heavy atom. The largest absolute Gasteiger partial charge is 0.394 e. The molecule has 1 saturated heterocycles. The van der Waals surface area contributed by atoms with Crippen molar-refractivity contribution in [3.8, 4) is 5.69 Å². The van der Waals surface area contributed by atoms with E-state index < -0.39 is 5.82 Å². The summed E-state index contributed by atoms with van der Waals surface area (Å²) >= 11 is 5.79. The van der Waals surface area contributed by atoms with Crippen LogP contribution in [0, 0.1) is 5.82 Å². The van der Waals surface area contributed by atoms with Crippen LogP contribution in [0.4, 0.5) is 4.39 Å². The van der Waals surface area contributed by atoms with Crippen molar-refractivity contribution in [3.05, 3.63) is 40.9 Å². The van der Waals surface area contributed by atoms with Gasteiger partial charge in [0.2, 0.25) is 0 Å². The number of aliphatic hydroxyl groups excluding tert-OH is 1. The van der Waals surface area contributed by atoms with Crippen molar-refractivity contribution in [2.75, 3.05) is 19.8 Å². The molecular formula is C15H18ClFN4O2. The Labute approximate surface area is 138 Å². The smallest absolute Gasteiger partial charge is 0.141 e. The topological polar surface area (TPSA) is 63.4 Å². The third-order valence-electron chi connectivity index (χ3n) is 3.91. The highest BCUT2D eigenvalue weighted by molar-refractivity contribution is 6.30. The van der Waals surface area contributed by atoms with Crippen LogP contribution in [0.2, 0.25) is 5.02 Å². The molecule has 1 fully saturated rings. The molecule has 6 nitrogen and oxygen atoms in total. The Kier molecular flexibility index (Phi) is 4.91. The fourth-order valence-electron chi connectivity index (χ4n) is 2.54. The Morgan fingerprint density at radius 3 is 3.04 bits per heavy atom. The molecule has 1 aliphatic rings. The lowest BCUT2D eigenvalue weighted by atomic mass is 10.2. The summed E-state index contributed by atoms with van der Waals surface area (Å²) in [5.41, 5.74) is 1.44. The number of halogens is 2. The number of aliphatic hydroxyl groups is 1. The monoisotopic (exact) mass is 340 g/mol. The number of rotatable bonds is 4. The number of ether oxygens (including phenoxy) is 1. The van der Waals surface area contributed by atoms with Crippen molar-refractivity contribution in [3.63, 3.8) is 0 Å². The third kappa shape index (κ3) is 3.69. The van der Waals surface area contributed by atoms with Crippen molar-refractivity contribution in [2.45, 2.75) is 25.6 Å². The summed E-state index contributed by atoms with van der Waals surface area (Å²) in [6.45, 7) is 3.90. The van der Waals surface area contributed by atoms with E-state index in [4.69, 9.17) is 16.3 Å². The van der Waals surface area contributed by atoms with E-state index in [1.54, 1.807) is 16.9 Å². The van der Waals surface area contributed by atoms with Crippen LogP contribution in [0.1, 0.15) is 12.6 Å². The van der Waals surface area contributed by atoms with Crippen LogP contribution >= 0.6 is 11.6 Å². The Balaban J connectivity index is 1.72. The zero-order valence-corrected chi connectivity index (χ0v) is 13.4. The van der Waals surface area contributed by atoms with Gasteiger partial charge in [-0.25, -0.2) is 9.07 Å². The highest BCUT2D eigenvalue weighted by Gasteiger charge is 2.26. The highest BCUT2D eigenvalue weighted by atomic mass is 35.5. The first kappa shape index (κ1) is 16.3. The van der Waals surface area contributed by atoms with E-state index in [0.717, 1.165) is 5.69 Å². The van der Waals surface area contributed by atoms with E-state index in [9.17, 15) is 9.50 Å². The molecule has 0 spiro atoms. The average molecular weight is 341 g/mol. The van der Waals surface area contributed by atoms with Crippen LogP contribution in [-0.2, 0) is 11.3 Å². The van der Waals surface area contributed by atoms with Gasteiger partial charge >= 0.3 is 0 Å². The predicted molar refractivity (Wildman–Crippen MR) is 83.0 cm³/mol. The second kappa shape index (κ2) is 6.92. The highest BCUT2D eigenvalue weighted by Crippen LogP contribution is 2.19. The van der Waals surface area contributed by atoms with Gasteiger partial charge in [0.05, 0.1) is 41.9 Å². The molecule has 0 amide bonds. The first-order valence-corrected chi connectivity index (χ1v) is 7.77. The van der Waals surface area contributed by atoms with Crippen LogP contribution in [-0.4, -0.2) is 56.9 Å². The van der Waals surface area contributed by atoms with Gasteiger partial charge in [0.15, 0.2) is 0 Å². The minimum absolute atomic E-state index is 0.00396. The molecular weight excluding hydrogens is 323 g/mol. The zero-order chi connectivity index (χ0) is 16.4. The molecule has 2 atom stereocenters. The molecule has 0 saturated carbocycles. The van der Waals surface area contributed by atoms with Gasteiger partial charge in [0.25, 0.3) is 0 Å². The first-order valence-electron chi connectivity index (χ1n) is 7.40. The molecule has 23 heavy (non-hydrogen) atoms. The lowest BCUT2D eigenvalue weighted by Gasteiger charge is -2.36. The Morgan fingerprint density at radius 1 is 1.48 bits per heavy atom. The summed E-state index contributed by atoms with van der Waals surface area (Å²) < 4.78 is 20.3. The Hall–Kier alpha value is -1.54. The van der Waals surface area contributed by atoms with Crippen LogP contribution < -0.4 is 0 Å². The number of nitrogens with zero attached hydrogens (tertiary/aromatic N) is 4. The van der Waals surface area contributed by atoms with Crippen molar-refractivity contribution in [1.29, 1.82) is 0 Å². The van der Waals surface area contributed by atoms with E-state index in [1.165, 1.54) is 12.1 Å². The summed E-state index contributed by atoms with van der Waals surface area (Å²) in [6, 6.07) is 4.64. The van der Waals surface area contributed by atoms with Gasteiger partial charge in [-0.3, -0.25) is 4.90 Å². The number of morpholine rings is 1. The van der Waals surface area contributed by atoms with Gasteiger partial charge in [-0.2, -0.15) is 0 Å². The van der Waals surface area contributed by atoms with Gasteiger partial charge in [0.1, 0.15) is 5.82 Å². The minimum Gasteiger partial charge on any atom is -0.394 e. The second-order valence-corrected chi connectivity index (χ2v) is 6.08. The molecule has 0 bridgehead atoms. The average Bonchev–Trinajstić information content (AvgIpc) is 3.01. The van der Waals surface area contributed by atoms with Crippen molar-refractivity contribution >= 4 is 11.6 Å². The molecule has 124 valence electrons. The Bertz CT molecular complexity index is 681. The minimum atomic E-state index is -0.465. The molecule has 2 aromatic rings. The molecule has 3 rings (SSSR count). The maximum atomic E-state index is 13.2.